The van der Waals surface area contributed by atoms with Crippen molar-refractivity contribution in [3.05, 3.63) is 23.9 Å². The molecule has 1 aromatic heterocycles. The van der Waals surface area contributed by atoms with E-state index in [9.17, 15) is 13.2 Å². The van der Waals surface area contributed by atoms with Crippen LogP contribution >= 0.6 is 24.0 Å². The van der Waals surface area contributed by atoms with Gasteiger partial charge in [0.05, 0.1) is 6.54 Å². The maximum atomic E-state index is 12.1. The van der Waals surface area contributed by atoms with Gasteiger partial charge in [0.1, 0.15) is 0 Å². The maximum Gasteiger partial charge on any atom is 0.422 e. The summed E-state index contributed by atoms with van der Waals surface area (Å²) in [6.45, 7) is 6.09. The van der Waals surface area contributed by atoms with Crippen LogP contribution in [0, 0.1) is 5.92 Å². The monoisotopic (exact) mass is 486 g/mol. The third-order valence-electron chi connectivity index (χ3n) is 3.88. The van der Waals surface area contributed by atoms with Gasteiger partial charge in [-0.15, -0.1) is 24.0 Å². The number of aliphatic imine (C=N–C) groups is 1. The van der Waals surface area contributed by atoms with E-state index in [4.69, 9.17) is 0 Å². The van der Waals surface area contributed by atoms with Crippen LogP contribution in [-0.2, 0) is 6.54 Å². The Morgan fingerprint density at radius 3 is 2.77 bits per heavy atom. The van der Waals surface area contributed by atoms with E-state index < -0.39 is 12.8 Å². The average molecular weight is 486 g/mol. The van der Waals surface area contributed by atoms with E-state index in [1.807, 2.05) is 6.92 Å². The van der Waals surface area contributed by atoms with Crippen molar-refractivity contribution < 1.29 is 17.9 Å². The highest BCUT2D eigenvalue weighted by molar-refractivity contribution is 14.0. The van der Waals surface area contributed by atoms with Crippen molar-refractivity contribution >= 4 is 29.9 Å². The van der Waals surface area contributed by atoms with E-state index >= 15 is 0 Å². The molecule has 2 rings (SSSR count). The van der Waals surface area contributed by atoms with Gasteiger partial charge >= 0.3 is 6.18 Å². The Labute approximate surface area is 169 Å². The normalized spacial score (nSPS) is 18.3. The minimum atomic E-state index is -4.36. The first-order chi connectivity index (χ1) is 11.9. The van der Waals surface area contributed by atoms with Crippen LogP contribution in [0.3, 0.4) is 0 Å². The molecular weight excluding hydrogens is 460 g/mol. The number of rotatable bonds is 5. The van der Waals surface area contributed by atoms with Gasteiger partial charge in [-0.25, -0.2) is 9.98 Å². The van der Waals surface area contributed by atoms with E-state index in [1.165, 1.54) is 18.7 Å². The van der Waals surface area contributed by atoms with Crippen LogP contribution in [0.2, 0.25) is 0 Å². The number of likely N-dealkylation sites (tertiary alicyclic amines) is 1. The molecule has 1 unspecified atom stereocenters. The van der Waals surface area contributed by atoms with Gasteiger partial charge in [-0.1, -0.05) is 13.0 Å². The molecule has 0 radical (unpaired) electrons. The molecule has 1 saturated heterocycles. The number of piperidine rings is 1. The third kappa shape index (κ3) is 7.96. The fourth-order valence-electron chi connectivity index (χ4n) is 2.72. The number of pyridine rings is 1. The zero-order chi connectivity index (χ0) is 18.3. The second-order valence-electron chi connectivity index (χ2n) is 6.27. The van der Waals surface area contributed by atoms with E-state index in [1.54, 1.807) is 6.07 Å². The molecule has 0 aromatic carbocycles. The lowest BCUT2D eigenvalue weighted by atomic mass is 10.0. The molecule has 2 heterocycles. The predicted octanol–water partition coefficient (Wildman–Crippen LogP) is 3.84. The van der Waals surface area contributed by atoms with E-state index in [0.717, 1.165) is 37.6 Å². The summed E-state index contributed by atoms with van der Waals surface area (Å²) in [6.07, 6.45) is -0.480. The lowest BCUT2D eigenvalue weighted by Crippen LogP contribution is -2.46. The molecule has 0 spiro atoms. The van der Waals surface area contributed by atoms with Crippen LogP contribution in [0.4, 0.5) is 13.2 Å². The number of halogens is 4. The summed E-state index contributed by atoms with van der Waals surface area (Å²) in [5, 5.41) is 3.30. The van der Waals surface area contributed by atoms with Crippen molar-refractivity contribution in [1.82, 2.24) is 15.2 Å². The van der Waals surface area contributed by atoms with Crippen molar-refractivity contribution in [2.24, 2.45) is 10.9 Å². The number of hydrogen-bond acceptors (Lipinski definition) is 3. The second-order valence-corrected chi connectivity index (χ2v) is 6.27. The fraction of sp³-hybridized carbons (Fsp3) is 0.647. The minimum Gasteiger partial charge on any atom is -0.468 e. The van der Waals surface area contributed by atoms with Crippen LogP contribution < -0.4 is 10.1 Å². The van der Waals surface area contributed by atoms with Gasteiger partial charge in [0.25, 0.3) is 0 Å². The fourth-order valence-corrected chi connectivity index (χ4v) is 2.72. The molecule has 1 N–H and O–H groups in total. The summed E-state index contributed by atoms with van der Waals surface area (Å²) in [6, 6.07) is 3.12. The molecule has 1 fully saturated rings. The Bertz CT molecular complexity index is 566. The molecule has 0 saturated carbocycles. The van der Waals surface area contributed by atoms with Crippen LogP contribution in [0.25, 0.3) is 0 Å². The largest absolute Gasteiger partial charge is 0.468 e. The molecule has 0 amide bonds. The van der Waals surface area contributed by atoms with Crippen molar-refractivity contribution in [1.29, 1.82) is 0 Å². The van der Waals surface area contributed by atoms with Crippen LogP contribution in [0.1, 0.15) is 32.3 Å². The zero-order valence-electron chi connectivity index (χ0n) is 15.1. The lowest BCUT2D eigenvalue weighted by Gasteiger charge is -2.33. The molecular formula is C17H26F3IN4O. The summed E-state index contributed by atoms with van der Waals surface area (Å²) < 4.78 is 41.0. The van der Waals surface area contributed by atoms with Gasteiger partial charge < -0.3 is 15.0 Å². The highest BCUT2D eigenvalue weighted by Crippen LogP contribution is 2.18. The van der Waals surface area contributed by atoms with Crippen molar-refractivity contribution in [2.45, 2.75) is 39.4 Å². The summed E-state index contributed by atoms with van der Waals surface area (Å²) in [5.74, 6) is 1.47. The van der Waals surface area contributed by atoms with Gasteiger partial charge in [-0.05, 0) is 31.2 Å². The van der Waals surface area contributed by atoms with Gasteiger partial charge in [0.15, 0.2) is 12.6 Å². The Kier molecular flexibility index (Phi) is 9.45. The minimum absolute atomic E-state index is 0. The van der Waals surface area contributed by atoms with E-state index in [0.29, 0.717) is 12.5 Å². The number of nitrogens with one attached hydrogen (secondary N) is 1. The smallest absolute Gasteiger partial charge is 0.422 e. The number of nitrogens with zero attached hydrogens (tertiary/aromatic N) is 3. The molecule has 5 nitrogen and oxygen atoms in total. The quantitative estimate of drug-likeness (QED) is 0.391. The zero-order valence-corrected chi connectivity index (χ0v) is 17.4. The lowest BCUT2D eigenvalue weighted by molar-refractivity contribution is -0.154. The molecule has 9 heteroatoms. The summed E-state index contributed by atoms with van der Waals surface area (Å²) in [5.41, 5.74) is 0.819. The van der Waals surface area contributed by atoms with Gasteiger partial charge in [-0.2, -0.15) is 13.2 Å². The van der Waals surface area contributed by atoms with Crippen molar-refractivity contribution in [3.8, 4) is 5.88 Å². The first kappa shape index (κ1) is 22.8. The number of ether oxygens (including phenoxy) is 1. The first-order valence-electron chi connectivity index (χ1n) is 8.55. The van der Waals surface area contributed by atoms with E-state index in [2.05, 4.69) is 31.9 Å². The SMILES string of the molecule is CCNC(=NCc1ccc(OCC(F)(F)F)nc1)N1CCCC(C)C1.I. The Morgan fingerprint density at radius 1 is 1.42 bits per heavy atom. The molecule has 26 heavy (non-hydrogen) atoms. The summed E-state index contributed by atoms with van der Waals surface area (Å²) >= 11 is 0. The van der Waals surface area contributed by atoms with Crippen LogP contribution in [0.5, 0.6) is 5.88 Å². The molecule has 148 valence electrons. The molecule has 1 atom stereocenters. The Morgan fingerprint density at radius 2 is 2.19 bits per heavy atom. The average Bonchev–Trinajstić information content (AvgIpc) is 2.57. The molecule has 1 aliphatic heterocycles. The van der Waals surface area contributed by atoms with Crippen LogP contribution in [-0.4, -0.2) is 48.3 Å². The van der Waals surface area contributed by atoms with Gasteiger partial charge in [0, 0.05) is 31.9 Å². The Balaban J connectivity index is 0.00000338. The molecule has 1 aliphatic rings. The number of guanidine groups is 1. The maximum absolute atomic E-state index is 12.1. The number of aromatic nitrogens is 1. The molecule has 0 bridgehead atoms. The highest BCUT2D eigenvalue weighted by atomic mass is 127. The number of hydrogen-bond donors (Lipinski definition) is 1. The summed E-state index contributed by atoms with van der Waals surface area (Å²) in [7, 11) is 0. The Hall–Kier alpha value is -1.26. The van der Waals surface area contributed by atoms with Gasteiger partial charge in [-0.3, -0.25) is 0 Å². The van der Waals surface area contributed by atoms with Crippen LogP contribution in [0.15, 0.2) is 23.3 Å². The van der Waals surface area contributed by atoms with E-state index in [-0.39, 0.29) is 29.9 Å². The number of alkyl halides is 3. The molecule has 1 aromatic rings. The van der Waals surface area contributed by atoms with Gasteiger partial charge in [0.2, 0.25) is 5.88 Å². The molecule has 0 aliphatic carbocycles. The standard InChI is InChI=1S/C17H25F3N4O.HI/c1-3-21-16(24-8-4-5-13(2)11-24)23-10-14-6-7-15(22-9-14)25-12-17(18,19)20;/h6-7,9,13H,3-5,8,10-12H2,1-2H3,(H,21,23);1H. The topological polar surface area (TPSA) is 49.8 Å². The first-order valence-corrected chi connectivity index (χ1v) is 8.55. The third-order valence-corrected chi connectivity index (χ3v) is 3.88. The summed E-state index contributed by atoms with van der Waals surface area (Å²) in [4.78, 5) is 10.8. The highest BCUT2D eigenvalue weighted by Gasteiger charge is 2.28. The van der Waals surface area contributed by atoms with Crippen molar-refractivity contribution in [3.63, 3.8) is 0 Å². The predicted molar refractivity (Wildman–Crippen MR) is 106 cm³/mol. The van der Waals surface area contributed by atoms with Crippen molar-refractivity contribution in [2.75, 3.05) is 26.2 Å². The second kappa shape index (κ2) is 10.8.